The maximum Gasteiger partial charge on any atom is 0.0989 e. The summed E-state index contributed by atoms with van der Waals surface area (Å²) in [7, 11) is 0. The lowest BCUT2D eigenvalue weighted by Crippen LogP contribution is -2.75. The molecular weight excluding hydrogens is 304 g/mol. The van der Waals surface area contributed by atoms with Crippen molar-refractivity contribution < 1.29 is 0 Å². The third-order valence-corrected chi connectivity index (χ3v) is 4.64. The first kappa shape index (κ1) is 12.0. The van der Waals surface area contributed by atoms with E-state index in [1.165, 1.54) is 5.56 Å². The van der Waals surface area contributed by atoms with Gasteiger partial charge in [0.05, 0.1) is 25.5 Å². The van der Waals surface area contributed by atoms with E-state index in [9.17, 15) is 0 Å². The number of aliphatic imine (C=N–C) groups is 1. The van der Waals surface area contributed by atoms with Gasteiger partial charge < -0.3 is 0 Å². The van der Waals surface area contributed by atoms with Crippen molar-refractivity contribution in [2.75, 3.05) is 39.6 Å². The van der Waals surface area contributed by atoms with Crippen LogP contribution in [0.1, 0.15) is 5.56 Å². The van der Waals surface area contributed by atoms with E-state index in [1.807, 2.05) is 6.21 Å². The zero-order chi connectivity index (χ0) is 12.9. The van der Waals surface area contributed by atoms with Crippen LogP contribution in [0.3, 0.4) is 0 Å². The molecule has 0 unspecified atom stereocenters. The maximum absolute atomic E-state index is 4.95. The Morgan fingerprint density at radius 3 is 2.00 bits per heavy atom. The summed E-state index contributed by atoms with van der Waals surface area (Å²) in [6.45, 7) is 6.66. The molecule has 4 nitrogen and oxygen atoms in total. The zero-order valence-electron chi connectivity index (χ0n) is 10.8. The lowest BCUT2D eigenvalue weighted by atomic mass is 9.91. The number of rotatable bonds is 2. The minimum atomic E-state index is 0.0851. The topological polar surface area (TPSA) is 22.1 Å². The summed E-state index contributed by atoms with van der Waals surface area (Å²) in [5.41, 5.74) is 1.26. The van der Waals surface area contributed by atoms with Crippen molar-refractivity contribution in [1.82, 2.24) is 14.7 Å². The third kappa shape index (κ3) is 2.25. The van der Waals surface area contributed by atoms with Crippen LogP contribution >= 0.6 is 15.9 Å². The summed E-state index contributed by atoms with van der Waals surface area (Å²) in [6.07, 6.45) is 2.04. The van der Waals surface area contributed by atoms with Crippen LogP contribution in [0.15, 0.2) is 33.7 Å². The van der Waals surface area contributed by atoms with E-state index in [-0.39, 0.29) is 5.54 Å². The van der Waals surface area contributed by atoms with Gasteiger partial charge in [0.2, 0.25) is 0 Å². The molecule has 0 N–H and O–H groups in total. The minimum Gasteiger partial charge on any atom is -0.282 e. The van der Waals surface area contributed by atoms with E-state index in [2.05, 4.69) is 54.9 Å². The number of halogens is 1. The Bertz CT molecular complexity index is 475. The van der Waals surface area contributed by atoms with Crippen LogP contribution in [0.2, 0.25) is 0 Å². The Labute approximate surface area is 121 Å². The predicted molar refractivity (Wildman–Crippen MR) is 79.2 cm³/mol. The van der Waals surface area contributed by atoms with Crippen LogP contribution < -0.4 is 0 Å². The Morgan fingerprint density at radius 1 is 0.947 bits per heavy atom. The van der Waals surface area contributed by atoms with Crippen LogP contribution in [0, 0.1) is 0 Å². The zero-order valence-corrected chi connectivity index (χ0v) is 12.4. The highest BCUT2D eigenvalue weighted by molar-refractivity contribution is 9.10. The first-order chi connectivity index (χ1) is 9.21. The SMILES string of the molecule is Brc1ccc(C=NC23CN4CN(CN(C4)C2)C3)cc1. The summed E-state index contributed by atoms with van der Waals surface area (Å²) in [5.74, 6) is 0. The van der Waals surface area contributed by atoms with Gasteiger partial charge >= 0.3 is 0 Å². The Morgan fingerprint density at radius 2 is 1.47 bits per heavy atom. The fourth-order valence-corrected chi connectivity index (χ4v) is 3.83. The molecule has 5 heteroatoms. The van der Waals surface area contributed by atoms with Crippen LogP contribution in [-0.2, 0) is 0 Å². The fourth-order valence-electron chi connectivity index (χ4n) is 3.56. The fraction of sp³-hybridized carbons (Fsp3) is 0.500. The largest absolute Gasteiger partial charge is 0.282 e. The third-order valence-electron chi connectivity index (χ3n) is 4.11. The highest BCUT2D eigenvalue weighted by atomic mass is 79.9. The summed E-state index contributed by atoms with van der Waals surface area (Å²) < 4.78 is 1.11. The first-order valence-corrected chi connectivity index (χ1v) is 7.48. The smallest absolute Gasteiger partial charge is 0.0989 e. The van der Waals surface area contributed by atoms with Crippen molar-refractivity contribution in [3.8, 4) is 0 Å². The number of hydrogen-bond acceptors (Lipinski definition) is 4. The molecule has 0 aliphatic carbocycles. The van der Waals surface area contributed by atoms with Crippen molar-refractivity contribution in [3.63, 3.8) is 0 Å². The lowest BCUT2D eigenvalue weighted by molar-refractivity contribution is -0.139. The first-order valence-electron chi connectivity index (χ1n) is 6.69. The Hall–Kier alpha value is -0.750. The van der Waals surface area contributed by atoms with Crippen LogP contribution in [0.25, 0.3) is 0 Å². The Balaban J connectivity index is 1.57. The monoisotopic (exact) mass is 320 g/mol. The van der Waals surface area contributed by atoms with Gasteiger partial charge in [0.15, 0.2) is 0 Å². The van der Waals surface area contributed by atoms with Crippen LogP contribution in [0.5, 0.6) is 0 Å². The van der Waals surface area contributed by atoms with Gasteiger partial charge in [0.25, 0.3) is 0 Å². The second-order valence-corrected chi connectivity index (χ2v) is 6.86. The molecule has 19 heavy (non-hydrogen) atoms. The molecule has 0 spiro atoms. The normalized spacial score (nSPS) is 40.2. The molecule has 0 saturated carbocycles. The van der Waals surface area contributed by atoms with Gasteiger partial charge in [0, 0.05) is 30.3 Å². The summed E-state index contributed by atoms with van der Waals surface area (Å²) in [6, 6.07) is 8.35. The van der Waals surface area contributed by atoms with Crippen molar-refractivity contribution in [3.05, 3.63) is 34.3 Å². The molecule has 1 aromatic rings. The number of nitrogens with zero attached hydrogens (tertiary/aromatic N) is 4. The summed E-state index contributed by atoms with van der Waals surface area (Å²) in [5, 5.41) is 0. The second-order valence-electron chi connectivity index (χ2n) is 5.95. The van der Waals surface area contributed by atoms with Crippen molar-refractivity contribution >= 4 is 22.1 Å². The van der Waals surface area contributed by atoms with E-state index < -0.39 is 0 Å². The lowest BCUT2D eigenvalue weighted by Gasteiger charge is -2.59. The average Bonchev–Trinajstić information content (AvgIpc) is 2.36. The second kappa shape index (κ2) is 4.38. The molecular formula is C14H17BrN4. The highest BCUT2D eigenvalue weighted by Crippen LogP contribution is 2.31. The van der Waals surface area contributed by atoms with E-state index in [0.29, 0.717) is 0 Å². The van der Waals surface area contributed by atoms with Gasteiger partial charge in [-0.3, -0.25) is 19.7 Å². The Kier molecular flexibility index (Phi) is 2.77. The molecule has 0 aromatic heterocycles. The average molecular weight is 321 g/mol. The highest BCUT2D eigenvalue weighted by Gasteiger charge is 2.48. The van der Waals surface area contributed by atoms with E-state index in [4.69, 9.17) is 4.99 Å². The molecule has 4 fully saturated rings. The van der Waals surface area contributed by atoms with E-state index in [0.717, 1.165) is 44.1 Å². The molecule has 4 aliphatic heterocycles. The summed E-state index contributed by atoms with van der Waals surface area (Å²) in [4.78, 5) is 12.4. The van der Waals surface area contributed by atoms with Gasteiger partial charge in [0.1, 0.15) is 0 Å². The molecule has 0 amide bonds. The molecule has 1 aromatic carbocycles. The van der Waals surface area contributed by atoms with Crippen LogP contribution in [-0.4, -0.2) is 66.1 Å². The van der Waals surface area contributed by atoms with Crippen molar-refractivity contribution in [2.45, 2.75) is 5.54 Å². The van der Waals surface area contributed by atoms with E-state index >= 15 is 0 Å². The van der Waals surface area contributed by atoms with Crippen molar-refractivity contribution in [2.24, 2.45) is 4.99 Å². The standard InChI is InChI=1S/C14H17BrN4/c15-13-3-1-12(2-4-13)5-16-14-6-17-9-18(7-14)11-19(8-14)10-17/h1-5H,6-11H2. The molecule has 4 bridgehead atoms. The quantitative estimate of drug-likeness (QED) is 0.770. The van der Waals surface area contributed by atoms with Crippen LogP contribution in [0.4, 0.5) is 0 Å². The van der Waals surface area contributed by atoms with Gasteiger partial charge in [-0.15, -0.1) is 0 Å². The predicted octanol–water partition coefficient (Wildman–Crippen LogP) is 1.43. The summed E-state index contributed by atoms with van der Waals surface area (Å²) >= 11 is 3.46. The van der Waals surface area contributed by atoms with Gasteiger partial charge in [-0.25, -0.2) is 0 Å². The number of hydrogen-bond donors (Lipinski definition) is 0. The van der Waals surface area contributed by atoms with Gasteiger partial charge in [-0.1, -0.05) is 28.1 Å². The molecule has 4 saturated heterocycles. The molecule has 5 rings (SSSR count). The van der Waals surface area contributed by atoms with E-state index in [1.54, 1.807) is 0 Å². The maximum atomic E-state index is 4.95. The number of benzene rings is 1. The van der Waals surface area contributed by atoms with Gasteiger partial charge in [-0.05, 0) is 17.7 Å². The van der Waals surface area contributed by atoms with Crippen molar-refractivity contribution in [1.29, 1.82) is 0 Å². The molecule has 100 valence electrons. The molecule has 4 aliphatic rings. The molecule has 0 atom stereocenters. The molecule has 4 heterocycles. The molecule has 0 radical (unpaired) electrons. The van der Waals surface area contributed by atoms with Gasteiger partial charge in [-0.2, -0.15) is 0 Å². The minimum absolute atomic E-state index is 0.0851.